The van der Waals surface area contributed by atoms with Gasteiger partial charge in [-0.3, -0.25) is 9.48 Å². The van der Waals surface area contributed by atoms with E-state index in [-0.39, 0.29) is 12.2 Å². The maximum atomic E-state index is 12.0. The van der Waals surface area contributed by atoms with Gasteiger partial charge in [0.05, 0.1) is 6.42 Å². The third-order valence-corrected chi connectivity index (χ3v) is 3.34. The summed E-state index contributed by atoms with van der Waals surface area (Å²) in [7, 11) is 1.73. The fraction of sp³-hybridized carbons (Fsp3) is 0.500. The molecule has 1 fully saturated rings. The van der Waals surface area contributed by atoms with Crippen molar-refractivity contribution >= 4 is 5.78 Å². The molecule has 0 aromatic carbocycles. The summed E-state index contributed by atoms with van der Waals surface area (Å²) in [6.45, 7) is 2.15. The number of hydrogen-bond acceptors (Lipinski definition) is 5. The highest BCUT2D eigenvalue weighted by molar-refractivity contribution is 5.95. The molecule has 3 rings (SSSR count). The summed E-state index contributed by atoms with van der Waals surface area (Å²) in [4.78, 5) is 16.2. The average Bonchev–Trinajstić information content (AvgIpc) is 2.78. The number of carbonyl (C=O) groups is 1. The Kier molecular flexibility index (Phi) is 2.50. The smallest absolute Gasteiger partial charge is 0.234 e. The van der Waals surface area contributed by atoms with E-state index in [9.17, 15) is 4.79 Å². The van der Waals surface area contributed by atoms with Crippen LogP contribution in [0.3, 0.4) is 0 Å². The molecule has 0 amide bonds. The topological polar surface area (TPSA) is 73.8 Å². The molecule has 0 saturated heterocycles. The highest BCUT2D eigenvalue weighted by Crippen LogP contribution is 2.45. The predicted molar refractivity (Wildman–Crippen MR) is 62.1 cm³/mol. The summed E-state index contributed by atoms with van der Waals surface area (Å²) in [6.07, 6.45) is 2.83. The van der Waals surface area contributed by atoms with E-state index >= 15 is 0 Å². The third-order valence-electron chi connectivity index (χ3n) is 3.34. The van der Waals surface area contributed by atoms with E-state index in [2.05, 4.69) is 22.2 Å². The van der Waals surface area contributed by atoms with Gasteiger partial charge in [-0.2, -0.15) is 10.1 Å². The molecule has 0 bridgehead atoms. The first kappa shape index (κ1) is 11.1. The summed E-state index contributed by atoms with van der Waals surface area (Å²) in [5.74, 6) is 2.09. The van der Waals surface area contributed by atoms with Gasteiger partial charge in [-0.1, -0.05) is 12.1 Å². The van der Waals surface area contributed by atoms with E-state index in [1.54, 1.807) is 24.0 Å². The van der Waals surface area contributed by atoms with Gasteiger partial charge in [-0.25, -0.2) is 0 Å². The first-order valence-corrected chi connectivity index (χ1v) is 5.99. The molecule has 2 atom stereocenters. The van der Waals surface area contributed by atoms with Crippen molar-refractivity contribution in [2.75, 3.05) is 0 Å². The van der Waals surface area contributed by atoms with Crippen LogP contribution in [-0.2, 0) is 13.5 Å². The summed E-state index contributed by atoms with van der Waals surface area (Å²) >= 11 is 0. The standard InChI is InChI=1S/C12H14N4O2/c1-7-5-8(7)12-14-11(18-15-12)6-10(17)9-3-4-13-16(9)2/h3-4,7-8H,5-6H2,1-2H3. The lowest BCUT2D eigenvalue weighted by atomic mass is 10.2. The van der Waals surface area contributed by atoms with E-state index in [0.29, 0.717) is 23.4 Å². The maximum absolute atomic E-state index is 12.0. The second-order valence-electron chi connectivity index (χ2n) is 4.81. The zero-order chi connectivity index (χ0) is 12.7. The van der Waals surface area contributed by atoms with Crippen LogP contribution in [0.4, 0.5) is 0 Å². The Morgan fingerprint density at radius 2 is 2.39 bits per heavy atom. The molecule has 2 unspecified atom stereocenters. The highest BCUT2D eigenvalue weighted by Gasteiger charge is 2.38. The molecule has 1 saturated carbocycles. The fourth-order valence-corrected chi connectivity index (χ4v) is 2.05. The minimum Gasteiger partial charge on any atom is -0.339 e. The van der Waals surface area contributed by atoms with Crippen LogP contribution in [0.25, 0.3) is 0 Å². The number of ketones is 1. The van der Waals surface area contributed by atoms with Gasteiger partial charge in [0.15, 0.2) is 11.6 Å². The number of nitrogens with zero attached hydrogens (tertiary/aromatic N) is 4. The second kappa shape index (κ2) is 4.04. The summed E-state index contributed by atoms with van der Waals surface area (Å²) in [5.41, 5.74) is 0.550. The minimum absolute atomic E-state index is 0.0611. The van der Waals surface area contributed by atoms with E-state index < -0.39 is 0 Å². The number of aromatic nitrogens is 4. The molecule has 18 heavy (non-hydrogen) atoms. The zero-order valence-electron chi connectivity index (χ0n) is 10.3. The summed E-state index contributed by atoms with van der Waals surface area (Å²) < 4.78 is 6.66. The van der Waals surface area contributed by atoms with Crippen molar-refractivity contribution in [2.24, 2.45) is 13.0 Å². The lowest BCUT2D eigenvalue weighted by molar-refractivity contribution is 0.0974. The minimum atomic E-state index is -0.0611. The Balaban J connectivity index is 1.71. The van der Waals surface area contributed by atoms with Gasteiger partial charge in [0.2, 0.25) is 5.89 Å². The fourth-order valence-electron chi connectivity index (χ4n) is 2.05. The van der Waals surface area contributed by atoms with Crippen LogP contribution >= 0.6 is 0 Å². The zero-order valence-corrected chi connectivity index (χ0v) is 10.3. The van der Waals surface area contributed by atoms with Crippen LogP contribution in [0, 0.1) is 5.92 Å². The van der Waals surface area contributed by atoms with Gasteiger partial charge in [0.1, 0.15) is 5.69 Å². The molecule has 0 aliphatic heterocycles. The van der Waals surface area contributed by atoms with Crippen molar-refractivity contribution in [1.82, 2.24) is 19.9 Å². The number of Topliss-reactive ketones (excluding diaryl/α,β-unsaturated/α-hetero) is 1. The normalized spacial score (nSPS) is 22.1. The van der Waals surface area contributed by atoms with E-state index in [1.165, 1.54) is 0 Å². The maximum Gasteiger partial charge on any atom is 0.234 e. The Hall–Kier alpha value is -1.98. The van der Waals surface area contributed by atoms with Gasteiger partial charge < -0.3 is 4.52 Å². The van der Waals surface area contributed by atoms with Crippen molar-refractivity contribution in [2.45, 2.75) is 25.7 Å². The molecule has 2 aromatic heterocycles. The number of rotatable bonds is 4. The van der Waals surface area contributed by atoms with E-state index in [0.717, 1.165) is 12.2 Å². The van der Waals surface area contributed by atoms with Crippen LogP contribution in [0.5, 0.6) is 0 Å². The number of carbonyl (C=O) groups excluding carboxylic acids is 1. The Bertz CT molecular complexity index is 586. The molecular weight excluding hydrogens is 232 g/mol. The Morgan fingerprint density at radius 3 is 3.00 bits per heavy atom. The van der Waals surface area contributed by atoms with Gasteiger partial charge >= 0.3 is 0 Å². The molecule has 1 aliphatic carbocycles. The first-order chi connectivity index (χ1) is 8.65. The average molecular weight is 246 g/mol. The van der Waals surface area contributed by atoms with E-state index in [1.807, 2.05) is 0 Å². The largest absolute Gasteiger partial charge is 0.339 e. The lowest BCUT2D eigenvalue weighted by Crippen LogP contribution is -2.09. The Labute approximate surface area is 104 Å². The Morgan fingerprint density at radius 1 is 1.61 bits per heavy atom. The predicted octanol–water partition coefficient (Wildman–Crippen LogP) is 1.35. The quantitative estimate of drug-likeness (QED) is 0.761. The molecule has 6 heteroatoms. The van der Waals surface area contributed by atoms with Crippen molar-refractivity contribution in [3.05, 3.63) is 29.7 Å². The molecule has 0 radical (unpaired) electrons. The van der Waals surface area contributed by atoms with Crippen LogP contribution in [-0.4, -0.2) is 25.7 Å². The van der Waals surface area contributed by atoms with Crippen LogP contribution in [0.1, 0.15) is 41.5 Å². The van der Waals surface area contributed by atoms with Crippen LogP contribution in [0.2, 0.25) is 0 Å². The molecule has 94 valence electrons. The SMILES string of the molecule is CC1CC1c1noc(CC(=O)c2ccnn2C)n1. The highest BCUT2D eigenvalue weighted by atomic mass is 16.5. The summed E-state index contributed by atoms with van der Waals surface area (Å²) in [5, 5.41) is 7.89. The van der Waals surface area contributed by atoms with Gasteiger partial charge in [0, 0.05) is 19.2 Å². The second-order valence-corrected chi connectivity index (χ2v) is 4.81. The number of aryl methyl sites for hydroxylation is 1. The molecule has 6 nitrogen and oxygen atoms in total. The molecule has 2 heterocycles. The third kappa shape index (κ3) is 1.94. The number of hydrogen-bond donors (Lipinski definition) is 0. The van der Waals surface area contributed by atoms with Gasteiger partial charge in [0.25, 0.3) is 0 Å². The van der Waals surface area contributed by atoms with Crippen LogP contribution in [0.15, 0.2) is 16.8 Å². The van der Waals surface area contributed by atoms with Crippen molar-refractivity contribution in [3.63, 3.8) is 0 Å². The van der Waals surface area contributed by atoms with Crippen molar-refractivity contribution < 1.29 is 9.32 Å². The van der Waals surface area contributed by atoms with Crippen molar-refractivity contribution in [1.29, 1.82) is 0 Å². The molecule has 0 N–H and O–H groups in total. The van der Waals surface area contributed by atoms with E-state index in [4.69, 9.17) is 4.52 Å². The monoisotopic (exact) mass is 246 g/mol. The van der Waals surface area contributed by atoms with Gasteiger partial charge in [-0.05, 0) is 18.4 Å². The molecule has 0 spiro atoms. The first-order valence-electron chi connectivity index (χ1n) is 5.99. The van der Waals surface area contributed by atoms with Crippen LogP contribution < -0.4 is 0 Å². The van der Waals surface area contributed by atoms with Crippen molar-refractivity contribution in [3.8, 4) is 0 Å². The molecular formula is C12H14N4O2. The molecule has 1 aliphatic rings. The lowest BCUT2D eigenvalue weighted by Gasteiger charge is -1.97. The summed E-state index contributed by atoms with van der Waals surface area (Å²) in [6, 6.07) is 1.68. The molecule has 2 aromatic rings. The van der Waals surface area contributed by atoms with Gasteiger partial charge in [-0.15, -0.1) is 0 Å².